The Bertz CT molecular complexity index is 513. The summed E-state index contributed by atoms with van der Waals surface area (Å²) in [4.78, 5) is 0. The highest BCUT2D eigenvalue weighted by atomic mass is 79.9. The lowest BCUT2D eigenvalue weighted by Crippen LogP contribution is -2.34. The fourth-order valence-corrected chi connectivity index (χ4v) is 3.50. The van der Waals surface area contributed by atoms with E-state index in [1.807, 2.05) is 0 Å². The summed E-state index contributed by atoms with van der Waals surface area (Å²) < 4.78 is 18.8. The van der Waals surface area contributed by atoms with Gasteiger partial charge in [-0.2, -0.15) is 0 Å². The van der Waals surface area contributed by atoms with Crippen LogP contribution in [0.3, 0.4) is 0 Å². The van der Waals surface area contributed by atoms with Crippen LogP contribution in [0, 0.1) is 0 Å². The molecule has 21 heavy (non-hydrogen) atoms. The van der Waals surface area contributed by atoms with Gasteiger partial charge in [-0.25, -0.2) is 0 Å². The lowest BCUT2D eigenvalue weighted by atomic mass is 9.92. The Morgan fingerprint density at radius 2 is 1.95 bits per heavy atom. The van der Waals surface area contributed by atoms with E-state index < -0.39 is 0 Å². The minimum absolute atomic E-state index is 0.0737. The van der Waals surface area contributed by atoms with E-state index in [9.17, 15) is 0 Å². The average Bonchev–Trinajstić information content (AvgIpc) is 2.73. The zero-order chi connectivity index (χ0) is 14.8. The van der Waals surface area contributed by atoms with Crippen molar-refractivity contribution in [2.75, 3.05) is 32.9 Å². The maximum Gasteiger partial charge on any atom is 0.175 e. The van der Waals surface area contributed by atoms with Gasteiger partial charge in [0.25, 0.3) is 0 Å². The Kier molecular flexibility index (Phi) is 4.72. The summed E-state index contributed by atoms with van der Waals surface area (Å²) in [6.45, 7) is 8.28. The topological polar surface area (TPSA) is 39.7 Å². The second-order valence-corrected chi connectivity index (χ2v) is 6.64. The summed E-state index contributed by atoms with van der Waals surface area (Å²) in [5.41, 5.74) is 2.41. The summed E-state index contributed by atoms with van der Waals surface area (Å²) in [6, 6.07) is 2.14. The SMILES string of the molecule is CC(C)c1c(C2CNCCO2)cc(Br)c2c1OCCCO2. The van der Waals surface area contributed by atoms with Crippen molar-refractivity contribution in [3.63, 3.8) is 0 Å². The number of morpholine rings is 1. The van der Waals surface area contributed by atoms with Gasteiger partial charge in [0.05, 0.1) is 30.4 Å². The summed E-state index contributed by atoms with van der Waals surface area (Å²) in [5, 5.41) is 3.40. The molecular weight excluding hydrogens is 334 g/mol. The van der Waals surface area contributed by atoms with Crippen molar-refractivity contribution in [2.45, 2.75) is 32.3 Å². The summed E-state index contributed by atoms with van der Waals surface area (Å²) in [6.07, 6.45) is 0.986. The van der Waals surface area contributed by atoms with Gasteiger partial charge >= 0.3 is 0 Å². The first-order valence-electron chi connectivity index (χ1n) is 7.62. The number of ether oxygens (including phenoxy) is 3. The van der Waals surface area contributed by atoms with Crippen LogP contribution in [0.15, 0.2) is 10.5 Å². The first kappa shape index (κ1) is 15.1. The number of rotatable bonds is 2. The van der Waals surface area contributed by atoms with E-state index in [2.05, 4.69) is 41.2 Å². The summed E-state index contributed by atoms with van der Waals surface area (Å²) in [7, 11) is 0. The van der Waals surface area contributed by atoms with Crippen molar-refractivity contribution in [3.05, 3.63) is 21.7 Å². The van der Waals surface area contributed by atoms with Crippen molar-refractivity contribution in [3.8, 4) is 11.5 Å². The van der Waals surface area contributed by atoms with Crippen molar-refractivity contribution in [2.24, 2.45) is 0 Å². The molecule has 3 rings (SSSR count). The highest BCUT2D eigenvalue weighted by Crippen LogP contribution is 2.46. The smallest absolute Gasteiger partial charge is 0.175 e. The molecule has 2 aliphatic heterocycles. The average molecular weight is 356 g/mol. The van der Waals surface area contributed by atoms with Gasteiger partial charge in [0.15, 0.2) is 11.5 Å². The molecule has 0 amide bonds. The Balaban J connectivity index is 2.10. The molecule has 1 aromatic carbocycles. The zero-order valence-corrected chi connectivity index (χ0v) is 14.2. The minimum atomic E-state index is 0.0737. The van der Waals surface area contributed by atoms with Crippen LogP contribution in [0.5, 0.6) is 11.5 Å². The standard InChI is InChI=1S/C16H22BrNO3/c1-10(2)14-11(13-9-18-4-7-19-13)8-12(17)15-16(14)21-6-3-5-20-15/h8,10,13,18H,3-7,9H2,1-2H3. The zero-order valence-electron chi connectivity index (χ0n) is 12.6. The lowest BCUT2D eigenvalue weighted by molar-refractivity contribution is 0.0268. The normalized spacial score (nSPS) is 22.2. The number of benzene rings is 1. The van der Waals surface area contributed by atoms with Gasteiger partial charge in [-0.05, 0) is 33.5 Å². The fraction of sp³-hybridized carbons (Fsp3) is 0.625. The first-order valence-corrected chi connectivity index (χ1v) is 8.42. The first-order chi connectivity index (χ1) is 10.2. The number of halogens is 1. The van der Waals surface area contributed by atoms with Crippen molar-refractivity contribution >= 4 is 15.9 Å². The van der Waals surface area contributed by atoms with E-state index in [-0.39, 0.29) is 6.10 Å². The highest BCUT2D eigenvalue weighted by Gasteiger charge is 2.28. The van der Waals surface area contributed by atoms with E-state index >= 15 is 0 Å². The molecule has 1 aromatic rings. The van der Waals surface area contributed by atoms with Gasteiger partial charge in [-0.1, -0.05) is 13.8 Å². The molecule has 1 fully saturated rings. The molecule has 2 heterocycles. The van der Waals surface area contributed by atoms with Gasteiger partial charge in [0, 0.05) is 25.1 Å². The van der Waals surface area contributed by atoms with E-state index in [4.69, 9.17) is 14.2 Å². The second kappa shape index (κ2) is 6.55. The van der Waals surface area contributed by atoms with Crippen LogP contribution in [0.25, 0.3) is 0 Å². The van der Waals surface area contributed by atoms with Crippen LogP contribution in [-0.4, -0.2) is 32.9 Å². The molecule has 0 bridgehead atoms. The third kappa shape index (κ3) is 3.05. The van der Waals surface area contributed by atoms with Crippen LogP contribution in [0.2, 0.25) is 0 Å². The third-order valence-electron chi connectivity index (χ3n) is 3.89. The van der Waals surface area contributed by atoms with Gasteiger partial charge in [-0.15, -0.1) is 0 Å². The Morgan fingerprint density at radius 1 is 1.19 bits per heavy atom. The molecule has 1 atom stereocenters. The Labute approximate surface area is 134 Å². The molecule has 1 N–H and O–H groups in total. The summed E-state index contributed by atoms with van der Waals surface area (Å²) in [5.74, 6) is 2.08. The van der Waals surface area contributed by atoms with E-state index in [1.165, 1.54) is 11.1 Å². The van der Waals surface area contributed by atoms with E-state index in [0.717, 1.165) is 42.1 Å². The monoisotopic (exact) mass is 355 g/mol. The number of nitrogens with one attached hydrogen (secondary N) is 1. The maximum atomic E-state index is 6.02. The molecular formula is C16H22BrNO3. The van der Waals surface area contributed by atoms with Gasteiger partial charge < -0.3 is 19.5 Å². The van der Waals surface area contributed by atoms with Crippen molar-refractivity contribution in [1.29, 1.82) is 0 Å². The Morgan fingerprint density at radius 3 is 2.62 bits per heavy atom. The van der Waals surface area contributed by atoms with Crippen molar-refractivity contribution < 1.29 is 14.2 Å². The number of hydrogen-bond acceptors (Lipinski definition) is 4. The predicted octanol–water partition coefficient (Wildman–Crippen LogP) is 3.39. The second-order valence-electron chi connectivity index (χ2n) is 5.79. The molecule has 0 aromatic heterocycles. The van der Waals surface area contributed by atoms with E-state index in [0.29, 0.717) is 19.1 Å². The van der Waals surface area contributed by atoms with Crippen molar-refractivity contribution in [1.82, 2.24) is 5.32 Å². The van der Waals surface area contributed by atoms with Crippen LogP contribution < -0.4 is 14.8 Å². The molecule has 2 aliphatic rings. The number of hydrogen-bond donors (Lipinski definition) is 1. The quantitative estimate of drug-likeness (QED) is 0.882. The van der Waals surface area contributed by atoms with Crippen LogP contribution in [0.1, 0.15) is 43.4 Å². The third-order valence-corrected chi connectivity index (χ3v) is 4.48. The minimum Gasteiger partial charge on any atom is -0.489 e. The van der Waals surface area contributed by atoms with Gasteiger partial charge in [0.2, 0.25) is 0 Å². The largest absolute Gasteiger partial charge is 0.489 e. The highest BCUT2D eigenvalue weighted by molar-refractivity contribution is 9.10. The molecule has 0 aliphatic carbocycles. The number of fused-ring (bicyclic) bond motifs is 1. The Hall–Kier alpha value is -0.780. The molecule has 0 spiro atoms. The predicted molar refractivity (Wildman–Crippen MR) is 85.4 cm³/mol. The molecule has 4 nitrogen and oxygen atoms in total. The van der Waals surface area contributed by atoms with Gasteiger partial charge in [-0.3, -0.25) is 0 Å². The van der Waals surface area contributed by atoms with Crippen LogP contribution in [-0.2, 0) is 4.74 Å². The van der Waals surface area contributed by atoms with Crippen LogP contribution >= 0.6 is 15.9 Å². The molecule has 1 saturated heterocycles. The lowest BCUT2D eigenvalue weighted by Gasteiger charge is -2.29. The molecule has 0 saturated carbocycles. The van der Waals surface area contributed by atoms with E-state index in [1.54, 1.807) is 0 Å². The fourth-order valence-electron chi connectivity index (χ4n) is 2.95. The summed E-state index contributed by atoms with van der Waals surface area (Å²) >= 11 is 3.64. The van der Waals surface area contributed by atoms with Crippen LogP contribution in [0.4, 0.5) is 0 Å². The molecule has 116 valence electrons. The maximum absolute atomic E-state index is 6.02. The molecule has 0 radical (unpaired) electrons. The molecule has 1 unspecified atom stereocenters. The van der Waals surface area contributed by atoms with Gasteiger partial charge in [0.1, 0.15) is 0 Å². The molecule has 5 heteroatoms.